The minimum absolute atomic E-state index is 1.04. The van der Waals surface area contributed by atoms with E-state index in [2.05, 4.69) is 252 Å². The Morgan fingerprint density at radius 2 is 0.657 bits per heavy atom. The predicted octanol–water partition coefficient (Wildman–Crippen LogP) is 19.5. The molecule has 0 bridgehead atoms. The van der Waals surface area contributed by atoms with Crippen LogP contribution in [0.1, 0.15) is 5.56 Å². The largest absolute Gasteiger partial charge is 0.310 e. The van der Waals surface area contributed by atoms with E-state index in [-0.39, 0.29) is 0 Å². The maximum Gasteiger partial charge on any atom is 0.0640 e. The van der Waals surface area contributed by atoms with Crippen molar-refractivity contribution in [3.8, 4) is 0 Å². The van der Waals surface area contributed by atoms with Crippen molar-refractivity contribution in [2.75, 3.05) is 14.7 Å². The summed E-state index contributed by atoms with van der Waals surface area (Å²) in [7, 11) is 0. The Morgan fingerprint density at radius 3 is 1.19 bits per heavy atom. The molecule has 0 radical (unpaired) electrons. The molecule has 0 aliphatic rings. The normalized spacial score (nSPS) is 11.7. The molecule has 0 N–H and O–H groups in total. The van der Waals surface area contributed by atoms with Crippen LogP contribution in [-0.4, -0.2) is 0 Å². The van der Waals surface area contributed by atoms with E-state index in [4.69, 9.17) is 0 Å². The van der Waals surface area contributed by atoms with Gasteiger partial charge in [-0.15, -0.1) is 34.0 Å². The van der Waals surface area contributed by atoms with Crippen LogP contribution >= 0.6 is 34.0 Å². The fraction of sp³-hybridized carbons (Fsp3) is 0.0164. The first-order chi connectivity index (χ1) is 33.1. The number of fused-ring (bicyclic) bond motifs is 9. The van der Waals surface area contributed by atoms with E-state index in [9.17, 15) is 0 Å². The zero-order valence-corrected chi connectivity index (χ0v) is 39.0. The second kappa shape index (κ2) is 16.3. The number of aryl methyl sites for hydroxylation is 1. The number of rotatable bonds is 9. The number of benzene rings is 10. The summed E-state index contributed by atoms with van der Waals surface area (Å²) in [6.07, 6.45) is 0. The van der Waals surface area contributed by atoms with Crippen LogP contribution in [0.2, 0.25) is 0 Å². The third-order valence-electron chi connectivity index (χ3n) is 12.8. The molecule has 0 saturated heterocycles. The molecule has 3 heterocycles. The Bertz CT molecular complexity index is 3800. The number of nitrogens with zero attached hydrogens (tertiary/aromatic N) is 3. The highest BCUT2D eigenvalue weighted by atomic mass is 32.1. The van der Waals surface area contributed by atoms with Gasteiger partial charge in [0.2, 0.25) is 0 Å². The molecule has 10 aromatic carbocycles. The summed E-state index contributed by atoms with van der Waals surface area (Å²) < 4.78 is 7.68. The third kappa shape index (κ3) is 6.92. The Kier molecular flexibility index (Phi) is 9.64. The van der Waals surface area contributed by atoms with Gasteiger partial charge < -0.3 is 14.7 Å². The summed E-state index contributed by atoms with van der Waals surface area (Å²) in [5, 5.41) is 7.62. The number of hydrogen-bond donors (Lipinski definition) is 0. The lowest BCUT2D eigenvalue weighted by atomic mass is 10.1. The maximum absolute atomic E-state index is 2.48. The van der Waals surface area contributed by atoms with Crippen molar-refractivity contribution in [3.63, 3.8) is 0 Å². The van der Waals surface area contributed by atoms with E-state index in [0.29, 0.717) is 0 Å². The van der Waals surface area contributed by atoms with Gasteiger partial charge in [-0.2, -0.15) is 0 Å². The van der Waals surface area contributed by atoms with E-state index >= 15 is 0 Å². The van der Waals surface area contributed by atoms with Gasteiger partial charge in [-0.25, -0.2) is 0 Å². The average Bonchev–Trinajstić information content (AvgIpc) is 4.07. The lowest BCUT2D eigenvalue weighted by molar-refractivity contribution is 1.23. The molecule has 0 fully saturated rings. The molecule has 318 valence electrons. The summed E-state index contributed by atoms with van der Waals surface area (Å²) in [5.74, 6) is 0. The van der Waals surface area contributed by atoms with Crippen LogP contribution in [0.4, 0.5) is 51.2 Å². The van der Waals surface area contributed by atoms with Gasteiger partial charge >= 0.3 is 0 Å². The van der Waals surface area contributed by atoms with Crippen LogP contribution in [0, 0.1) is 6.92 Å². The first-order valence-electron chi connectivity index (χ1n) is 22.6. The summed E-state index contributed by atoms with van der Waals surface area (Å²) in [6, 6.07) is 84.8. The van der Waals surface area contributed by atoms with E-state index in [1.54, 1.807) is 0 Å². The number of para-hydroxylation sites is 2. The molecule has 0 aliphatic carbocycles. The summed E-state index contributed by atoms with van der Waals surface area (Å²) in [4.78, 5) is 7.35. The first-order valence-corrected chi connectivity index (χ1v) is 25.0. The summed E-state index contributed by atoms with van der Waals surface area (Å²) >= 11 is 5.57. The molecule has 6 heteroatoms. The van der Waals surface area contributed by atoms with Crippen LogP contribution in [0.5, 0.6) is 0 Å². The van der Waals surface area contributed by atoms with E-state index in [1.807, 2.05) is 34.0 Å². The third-order valence-corrected chi connectivity index (χ3v) is 16.3. The summed E-state index contributed by atoms with van der Waals surface area (Å²) in [6.45, 7) is 2.19. The monoisotopic (exact) mass is 911 g/mol. The van der Waals surface area contributed by atoms with Crippen LogP contribution in [0.15, 0.2) is 231 Å². The van der Waals surface area contributed by atoms with Crippen LogP contribution < -0.4 is 14.7 Å². The molecule has 67 heavy (non-hydrogen) atoms. The SMILES string of the molecule is Cc1cccc(N(c2cc(N(c3ccccc3)c3ccc4sc5ccccc5c4c3)cc(N(c3ccccc3)c3ccc4sc5ccccc5c4c3)c2)c2cccc3c2sc2ccccc23)c1. The molecule has 0 spiro atoms. The number of thiophene rings is 3. The van der Waals surface area contributed by atoms with Gasteiger partial charge in [0, 0.05) is 84.3 Å². The zero-order chi connectivity index (χ0) is 44.4. The highest BCUT2D eigenvalue weighted by molar-refractivity contribution is 7.27. The van der Waals surface area contributed by atoms with Gasteiger partial charge in [-0.1, -0.05) is 115 Å². The lowest BCUT2D eigenvalue weighted by Gasteiger charge is -2.33. The molecule has 0 saturated carbocycles. The van der Waals surface area contributed by atoms with Gasteiger partial charge in [0.15, 0.2) is 0 Å². The van der Waals surface area contributed by atoms with Gasteiger partial charge in [0.05, 0.1) is 27.4 Å². The maximum atomic E-state index is 2.48. The quantitative estimate of drug-likeness (QED) is 0.143. The second-order valence-electron chi connectivity index (χ2n) is 17.0. The molecule has 0 unspecified atom stereocenters. The van der Waals surface area contributed by atoms with Crippen molar-refractivity contribution in [3.05, 3.63) is 236 Å². The molecule has 0 aliphatic heterocycles. The minimum Gasteiger partial charge on any atom is -0.310 e. The van der Waals surface area contributed by atoms with Crippen LogP contribution in [0.3, 0.4) is 0 Å². The van der Waals surface area contributed by atoms with Crippen molar-refractivity contribution in [2.24, 2.45) is 0 Å². The van der Waals surface area contributed by atoms with Crippen molar-refractivity contribution in [1.29, 1.82) is 0 Å². The van der Waals surface area contributed by atoms with Gasteiger partial charge in [0.25, 0.3) is 0 Å². The lowest BCUT2D eigenvalue weighted by Crippen LogP contribution is -2.16. The zero-order valence-electron chi connectivity index (χ0n) is 36.5. The molecular weight excluding hydrogens is 871 g/mol. The van der Waals surface area contributed by atoms with Gasteiger partial charge in [-0.05, 0) is 128 Å². The smallest absolute Gasteiger partial charge is 0.0640 e. The Hall–Kier alpha value is -7.74. The molecular formula is C61H41N3S3. The van der Waals surface area contributed by atoms with Crippen LogP contribution in [0.25, 0.3) is 60.5 Å². The number of anilines is 9. The minimum atomic E-state index is 1.04. The Labute approximate surface area is 400 Å². The van der Waals surface area contributed by atoms with Gasteiger partial charge in [-0.3, -0.25) is 0 Å². The topological polar surface area (TPSA) is 9.72 Å². The van der Waals surface area contributed by atoms with Crippen molar-refractivity contribution in [2.45, 2.75) is 6.92 Å². The molecule has 13 aromatic rings. The molecule has 0 atom stereocenters. The number of hydrogen-bond acceptors (Lipinski definition) is 6. The Balaban J connectivity index is 1.12. The van der Waals surface area contributed by atoms with Crippen molar-refractivity contribution < 1.29 is 0 Å². The van der Waals surface area contributed by atoms with Gasteiger partial charge in [0.1, 0.15) is 0 Å². The molecule has 3 aromatic heterocycles. The van der Waals surface area contributed by atoms with E-state index in [1.165, 1.54) is 66.1 Å². The average molecular weight is 912 g/mol. The molecule has 3 nitrogen and oxygen atoms in total. The summed E-state index contributed by atoms with van der Waals surface area (Å²) in [5.41, 5.74) is 10.9. The van der Waals surface area contributed by atoms with E-state index < -0.39 is 0 Å². The first kappa shape index (κ1) is 39.6. The molecule has 13 rings (SSSR count). The van der Waals surface area contributed by atoms with Crippen molar-refractivity contribution in [1.82, 2.24) is 0 Å². The fourth-order valence-electron chi connectivity index (χ4n) is 9.82. The highest BCUT2D eigenvalue weighted by Crippen LogP contribution is 2.50. The van der Waals surface area contributed by atoms with Crippen molar-refractivity contribution >= 4 is 146 Å². The van der Waals surface area contributed by atoms with Crippen LogP contribution in [-0.2, 0) is 0 Å². The second-order valence-corrected chi connectivity index (χ2v) is 20.3. The predicted molar refractivity (Wildman–Crippen MR) is 294 cm³/mol. The fourth-order valence-corrected chi connectivity index (χ4v) is 13.2. The Morgan fingerprint density at radius 1 is 0.254 bits per heavy atom. The highest BCUT2D eigenvalue weighted by Gasteiger charge is 2.25. The van der Waals surface area contributed by atoms with E-state index in [0.717, 1.165) is 51.2 Å². The molecule has 0 amide bonds. The standard InChI is InChI=1S/C61H41N3S3/c1-40-16-14-21-43(34-40)64(55-26-15-25-52-49-22-8-13-29-58(49)67-61(52)55)48-36-46(62(41-17-4-2-5-18-41)44-30-32-59-53(38-44)50-23-9-11-27-56(50)65-59)35-47(37-48)63(42-19-6-3-7-20-42)45-31-33-60-54(39-45)51-24-10-12-28-57(51)66-60/h2-39H,1H3.